The summed E-state index contributed by atoms with van der Waals surface area (Å²) in [6, 6.07) is 10.7. The van der Waals surface area contributed by atoms with Crippen LogP contribution in [-0.2, 0) is 16.1 Å². The van der Waals surface area contributed by atoms with E-state index in [2.05, 4.69) is 11.4 Å². The van der Waals surface area contributed by atoms with Gasteiger partial charge in [-0.3, -0.25) is 9.59 Å². The molecule has 7 heteroatoms. The van der Waals surface area contributed by atoms with Crippen molar-refractivity contribution < 1.29 is 18.7 Å². The van der Waals surface area contributed by atoms with Gasteiger partial charge in [-0.15, -0.1) is 0 Å². The third-order valence-electron chi connectivity index (χ3n) is 3.40. The van der Waals surface area contributed by atoms with Gasteiger partial charge in [0.1, 0.15) is 19.2 Å². The first-order chi connectivity index (χ1) is 11.7. The fourth-order valence-corrected chi connectivity index (χ4v) is 2.27. The minimum absolute atomic E-state index is 0.0416. The van der Waals surface area contributed by atoms with Gasteiger partial charge in [0.25, 0.3) is 5.91 Å². The molecule has 0 fully saturated rings. The maximum Gasteiger partial charge on any atom is 0.325 e. The van der Waals surface area contributed by atoms with Crippen molar-refractivity contribution in [3.05, 3.63) is 65.9 Å². The molecule has 0 spiro atoms. The van der Waals surface area contributed by atoms with E-state index in [-0.39, 0.29) is 18.9 Å². The van der Waals surface area contributed by atoms with Crippen LogP contribution in [0.5, 0.6) is 0 Å². The Morgan fingerprint density at radius 2 is 2.17 bits per heavy atom. The van der Waals surface area contributed by atoms with E-state index in [1.807, 2.05) is 24.4 Å². The summed E-state index contributed by atoms with van der Waals surface area (Å²) in [5.41, 5.74) is 1.81. The standard InChI is InChI=1S/C17H13N3O4/c18-8-13-12(10-20-6-2-1-4-14(13)20)11-24-16(21)9-19-17(22)15-5-3-7-23-15/h1-7,10H,9,11H2,(H,19,22). The van der Waals surface area contributed by atoms with Gasteiger partial charge in [-0.1, -0.05) is 6.07 Å². The van der Waals surface area contributed by atoms with Crippen LogP contribution in [0.3, 0.4) is 0 Å². The van der Waals surface area contributed by atoms with Crippen molar-refractivity contribution in [1.82, 2.24) is 9.72 Å². The Hall–Kier alpha value is -3.53. The first-order valence-corrected chi connectivity index (χ1v) is 7.15. The van der Waals surface area contributed by atoms with Gasteiger partial charge in [0.05, 0.1) is 17.3 Å². The molecule has 0 radical (unpaired) electrons. The first kappa shape index (κ1) is 15.4. The molecule has 24 heavy (non-hydrogen) atoms. The number of hydrogen-bond donors (Lipinski definition) is 1. The highest BCUT2D eigenvalue weighted by Crippen LogP contribution is 2.18. The molecule has 3 rings (SSSR count). The fraction of sp³-hybridized carbons (Fsp3) is 0.118. The smallest absolute Gasteiger partial charge is 0.325 e. The van der Waals surface area contributed by atoms with Gasteiger partial charge in [0.2, 0.25) is 0 Å². The van der Waals surface area contributed by atoms with Gasteiger partial charge >= 0.3 is 5.97 Å². The monoisotopic (exact) mass is 323 g/mol. The van der Waals surface area contributed by atoms with Crippen molar-refractivity contribution in [3.8, 4) is 6.07 Å². The molecule has 0 aliphatic carbocycles. The molecular formula is C17H13N3O4. The van der Waals surface area contributed by atoms with Crippen LogP contribution < -0.4 is 5.32 Å². The fourth-order valence-electron chi connectivity index (χ4n) is 2.27. The summed E-state index contributed by atoms with van der Waals surface area (Å²) in [6.07, 6.45) is 4.92. The maximum atomic E-state index is 11.7. The molecule has 0 saturated heterocycles. The topological polar surface area (TPSA) is 96.7 Å². The van der Waals surface area contributed by atoms with Crippen LogP contribution in [0.1, 0.15) is 21.7 Å². The Morgan fingerprint density at radius 3 is 2.92 bits per heavy atom. The molecule has 3 aromatic rings. The van der Waals surface area contributed by atoms with E-state index in [4.69, 9.17) is 9.15 Å². The third kappa shape index (κ3) is 3.13. The van der Waals surface area contributed by atoms with Crippen LogP contribution in [0.15, 0.2) is 53.4 Å². The minimum atomic E-state index is -0.603. The molecule has 1 N–H and O–H groups in total. The van der Waals surface area contributed by atoms with E-state index in [9.17, 15) is 14.9 Å². The van der Waals surface area contributed by atoms with Crippen molar-refractivity contribution in [3.63, 3.8) is 0 Å². The summed E-state index contributed by atoms with van der Waals surface area (Å²) in [6.45, 7) is -0.325. The second-order valence-electron chi connectivity index (χ2n) is 4.95. The summed E-state index contributed by atoms with van der Waals surface area (Å²) in [5.74, 6) is -0.980. The Bertz CT molecular complexity index is 919. The number of ether oxygens (including phenoxy) is 1. The van der Waals surface area contributed by atoms with Crippen molar-refractivity contribution in [2.45, 2.75) is 6.61 Å². The number of amides is 1. The maximum absolute atomic E-state index is 11.7. The zero-order valence-corrected chi connectivity index (χ0v) is 12.6. The van der Waals surface area contributed by atoms with Crippen LogP contribution in [0.2, 0.25) is 0 Å². The van der Waals surface area contributed by atoms with Gasteiger partial charge in [-0.2, -0.15) is 5.26 Å². The molecule has 120 valence electrons. The molecule has 0 saturated carbocycles. The Labute approximate surface area is 137 Å². The van der Waals surface area contributed by atoms with Gasteiger partial charge in [0, 0.05) is 18.0 Å². The van der Waals surface area contributed by atoms with E-state index in [0.717, 1.165) is 5.52 Å². The molecule has 3 aromatic heterocycles. The van der Waals surface area contributed by atoms with E-state index < -0.39 is 11.9 Å². The largest absolute Gasteiger partial charge is 0.459 e. The summed E-state index contributed by atoms with van der Waals surface area (Å²) < 4.78 is 11.8. The number of rotatable bonds is 5. The Kier molecular flexibility index (Phi) is 4.29. The van der Waals surface area contributed by atoms with Crippen LogP contribution in [-0.4, -0.2) is 22.8 Å². The number of furan rings is 1. The van der Waals surface area contributed by atoms with Crippen molar-refractivity contribution in [1.29, 1.82) is 5.26 Å². The van der Waals surface area contributed by atoms with Crippen LogP contribution in [0.4, 0.5) is 0 Å². The number of fused-ring (bicyclic) bond motifs is 1. The molecule has 0 unspecified atom stereocenters. The van der Waals surface area contributed by atoms with Gasteiger partial charge in [-0.25, -0.2) is 0 Å². The highest BCUT2D eigenvalue weighted by atomic mass is 16.5. The van der Waals surface area contributed by atoms with E-state index >= 15 is 0 Å². The number of carbonyl (C=O) groups is 2. The van der Waals surface area contributed by atoms with Gasteiger partial charge in [-0.05, 0) is 24.3 Å². The molecular weight excluding hydrogens is 310 g/mol. The molecule has 7 nitrogen and oxygen atoms in total. The predicted molar refractivity (Wildman–Crippen MR) is 82.9 cm³/mol. The van der Waals surface area contributed by atoms with Crippen LogP contribution in [0.25, 0.3) is 5.52 Å². The Morgan fingerprint density at radius 1 is 1.29 bits per heavy atom. The van der Waals surface area contributed by atoms with Gasteiger partial charge in [0.15, 0.2) is 5.76 Å². The number of aromatic nitrogens is 1. The molecule has 0 bridgehead atoms. The van der Waals surface area contributed by atoms with Gasteiger partial charge < -0.3 is 18.9 Å². The lowest BCUT2D eigenvalue weighted by atomic mass is 10.2. The second-order valence-corrected chi connectivity index (χ2v) is 4.95. The highest BCUT2D eigenvalue weighted by molar-refractivity contribution is 5.93. The first-order valence-electron chi connectivity index (χ1n) is 7.15. The van der Waals surface area contributed by atoms with Crippen LogP contribution >= 0.6 is 0 Å². The average molecular weight is 323 g/mol. The zero-order valence-electron chi connectivity index (χ0n) is 12.6. The summed E-state index contributed by atoms with van der Waals surface area (Å²) in [4.78, 5) is 23.4. The summed E-state index contributed by atoms with van der Waals surface area (Å²) >= 11 is 0. The van der Waals surface area contributed by atoms with Crippen molar-refractivity contribution in [2.24, 2.45) is 0 Å². The second kappa shape index (κ2) is 6.71. The lowest BCUT2D eigenvalue weighted by Crippen LogP contribution is -2.30. The lowest BCUT2D eigenvalue weighted by molar-refractivity contribution is -0.143. The molecule has 1 amide bonds. The normalized spacial score (nSPS) is 10.3. The third-order valence-corrected chi connectivity index (χ3v) is 3.40. The van der Waals surface area contributed by atoms with E-state index in [0.29, 0.717) is 11.1 Å². The molecule has 0 aliphatic heterocycles. The zero-order chi connectivity index (χ0) is 16.9. The molecule has 0 atom stereocenters. The summed E-state index contributed by atoms with van der Waals surface area (Å²) in [7, 11) is 0. The minimum Gasteiger partial charge on any atom is -0.459 e. The predicted octanol–water partition coefficient (Wildman–Crippen LogP) is 1.88. The highest BCUT2D eigenvalue weighted by Gasteiger charge is 2.14. The van der Waals surface area contributed by atoms with Crippen molar-refractivity contribution >= 4 is 17.4 Å². The number of hydrogen-bond acceptors (Lipinski definition) is 5. The van der Waals surface area contributed by atoms with Crippen molar-refractivity contribution in [2.75, 3.05) is 6.54 Å². The van der Waals surface area contributed by atoms with E-state index in [1.165, 1.54) is 12.3 Å². The average Bonchev–Trinajstić information content (AvgIpc) is 3.24. The molecule has 3 heterocycles. The number of pyridine rings is 1. The molecule has 0 aromatic carbocycles. The van der Waals surface area contributed by atoms with E-state index in [1.54, 1.807) is 16.7 Å². The molecule has 0 aliphatic rings. The SMILES string of the molecule is N#Cc1c(COC(=O)CNC(=O)c2ccco2)cn2ccccc12. The number of nitrogens with one attached hydrogen (secondary N) is 1. The quantitative estimate of drug-likeness (QED) is 0.723. The number of carbonyl (C=O) groups excluding carboxylic acids is 2. The Balaban J connectivity index is 1.59. The lowest BCUT2D eigenvalue weighted by Gasteiger charge is -2.05. The van der Waals surface area contributed by atoms with Crippen LogP contribution in [0, 0.1) is 11.3 Å². The number of nitriles is 1. The summed E-state index contributed by atoms with van der Waals surface area (Å²) in [5, 5.41) is 11.7. The number of esters is 1. The number of nitrogens with zero attached hydrogens (tertiary/aromatic N) is 2.